The standard InChI is InChI=1S/C23H26FN3O2/c1-15-10-16(5-6-19(15)24)12-27-13-18-17(21-7-8-23(18,14-27)29-21)11-26-22(28)20-4-2-3-9-25-20/h2-6,9-10,17-18,21H,7-8,11-14H2,1H3,(H,26,28)/t17-,18+,21+,23+/m0/s1. The molecule has 3 aliphatic heterocycles. The van der Waals surface area contributed by atoms with E-state index in [1.807, 2.05) is 18.2 Å². The summed E-state index contributed by atoms with van der Waals surface area (Å²) in [6.45, 7) is 5.10. The van der Waals surface area contributed by atoms with Crippen molar-refractivity contribution in [2.45, 2.75) is 38.0 Å². The number of carbonyl (C=O) groups excluding carboxylic acids is 1. The molecule has 0 aliphatic carbocycles. The smallest absolute Gasteiger partial charge is 0.269 e. The van der Waals surface area contributed by atoms with Gasteiger partial charge in [0.25, 0.3) is 5.91 Å². The number of aromatic nitrogens is 1. The van der Waals surface area contributed by atoms with E-state index in [1.165, 1.54) is 0 Å². The molecule has 3 saturated heterocycles. The van der Waals surface area contributed by atoms with Gasteiger partial charge in [-0.1, -0.05) is 18.2 Å². The van der Waals surface area contributed by atoms with E-state index in [0.717, 1.165) is 38.0 Å². The molecule has 6 heteroatoms. The van der Waals surface area contributed by atoms with E-state index in [-0.39, 0.29) is 23.4 Å². The first-order chi connectivity index (χ1) is 14.0. The van der Waals surface area contributed by atoms with Gasteiger partial charge in [-0.15, -0.1) is 0 Å². The van der Waals surface area contributed by atoms with Crippen LogP contribution in [0.15, 0.2) is 42.6 Å². The van der Waals surface area contributed by atoms with Gasteiger partial charge >= 0.3 is 0 Å². The molecule has 4 atom stereocenters. The van der Waals surface area contributed by atoms with Crippen molar-refractivity contribution in [3.05, 3.63) is 65.2 Å². The van der Waals surface area contributed by atoms with Crippen molar-refractivity contribution in [1.82, 2.24) is 15.2 Å². The van der Waals surface area contributed by atoms with Crippen molar-refractivity contribution >= 4 is 5.91 Å². The van der Waals surface area contributed by atoms with Crippen LogP contribution in [0.3, 0.4) is 0 Å². The minimum atomic E-state index is -0.156. The van der Waals surface area contributed by atoms with Crippen LogP contribution in [-0.4, -0.2) is 47.1 Å². The van der Waals surface area contributed by atoms with E-state index in [1.54, 1.807) is 31.3 Å². The lowest BCUT2D eigenvalue weighted by atomic mass is 9.73. The molecule has 29 heavy (non-hydrogen) atoms. The third kappa shape index (κ3) is 3.34. The number of carbonyl (C=O) groups is 1. The number of likely N-dealkylation sites (tertiary alicyclic amines) is 1. The second-order valence-corrected chi connectivity index (χ2v) is 8.71. The number of hydrogen-bond donors (Lipinski definition) is 1. The summed E-state index contributed by atoms with van der Waals surface area (Å²) in [5, 5.41) is 3.07. The molecule has 1 amide bonds. The fourth-order valence-corrected chi connectivity index (χ4v) is 5.54. The Balaban J connectivity index is 1.25. The minimum absolute atomic E-state index is 0.0832. The third-order valence-electron chi connectivity index (χ3n) is 6.88. The fourth-order valence-electron chi connectivity index (χ4n) is 5.54. The highest BCUT2D eigenvalue weighted by atomic mass is 19.1. The number of pyridine rings is 1. The number of aryl methyl sites for hydroxylation is 1. The summed E-state index contributed by atoms with van der Waals surface area (Å²) in [5.41, 5.74) is 2.19. The van der Waals surface area contributed by atoms with E-state index in [4.69, 9.17) is 4.74 Å². The van der Waals surface area contributed by atoms with Crippen LogP contribution in [0.1, 0.15) is 34.5 Å². The van der Waals surface area contributed by atoms with E-state index < -0.39 is 0 Å². The molecule has 5 rings (SSSR count). The minimum Gasteiger partial charge on any atom is -0.370 e. The number of hydrogen-bond acceptors (Lipinski definition) is 4. The molecule has 0 saturated carbocycles. The molecule has 5 nitrogen and oxygen atoms in total. The van der Waals surface area contributed by atoms with Gasteiger partial charge in [0.15, 0.2) is 0 Å². The number of benzene rings is 1. The predicted octanol–water partition coefficient (Wildman–Crippen LogP) is 2.94. The van der Waals surface area contributed by atoms with Gasteiger partial charge in [0.1, 0.15) is 11.5 Å². The van der Waals surface area contributed by atoms with Crippen molar-refractivity contribution in [3.8, 4) is 0 Å². The number of ether oxygens (including phenoxy) is 1. The van der Waals surface area contributed by atoms with Gasteiger partial charge in [0.2, 0.25) is 0 Å². The van der Waals surface area contributed by atoms with E-state index in [2.05, 4.69) is 15.2 Å². The molecule has 1 aromatic carbocycles. The molecular formula is C23H26FN3O2. The molecule has 3 fully saturated rings. The van der Waals surface area contributed by atoms with Crippen molar-refractivity contribution in [3.63, 3.8) is 0 Å². The first-order valence-corrected chi connectivity index (χ1v) is 10.4. The van der Waals surface area contributed by atoms with E-state index in [0.29, 0.717) is 29.6 Å². The molecule has 152 valence electrons. The molecule has 3 aliphatic rings. The summed E-state index contributed by atoms with van der Waals surface area (Å²) in [6, 6.07) is 10.7. The van der Waals surface area contributed by atoms with Crippen LogP contribution in [0.25, 0.3) is 0 Å². The Morgan fingerprint density at radius 2 is 2.28 bits per heavy atom. The van der Waals surface area contributed by atoms with Crippen molar-refractivity contribution in [2.24, 2.45) is 11.8 Å². The Labute approximate surface area is 170 Å². The summed E-state index contributed by atoms with van der Waals surface area (Å²) < 4.78 is 20.0. The highest BCUT2D eigenvalue weighted by molar-refractivity contribution is 5.92. The second kappa shape index (κ2) is 7.18. The Morgan fingerprint density at radius 3 is 3.07 bits per heavy atom. The summed E-state index contributed by atoms with van der Waals surface area (Å²) >= 11 is 0. The highest BCUT2D eigenvalue weighted by Gasteiger charge is 2.62. The maximum absolute atomic E-state index is 13.6. The molecule has 1 aromatic heterocycles. The second-order valence-electron chi connectivity index (χ2n) is 8.71. The van der Waals surface area contributed by atoms with Crippen molar-refractivity contribution in [2.75, 3.05) is 19.6 Å². The summed E-state index contributed by atoms with van der Waals surface area (Å²) in [7, 11) is 0. The SMILES string of the molecule is Cc1cc(CN2C[C@@H]3[C@H](CNC(=O)c4ccccn4)[C@H]4CC[C@]3(C2)O4)ccc1F. The van der Waals surface area contributed by atoms with E-state index >= 15 is 0 Å². The molecule has 1 spiro atoms. The first kappa shape index (κ1) is 18.7. The molecule has 0 radical (unpaired) electrons. The first-order valence-electron chi connectivity index (χ1n) is 10.4. The third-order valence-corrected chi connectivity index (χ3v) is 6.88. The van der Waals surface area contributed by atoms with Gasteiger partial charge in [0.05, 0.1) is 11.7 Å². The number of fused-ring (bicyclic) bond motifs is 1. The number of halogens is 1. The molecule has 2 bridgehead atoms. The lowest BCUT2D eigenvalue weighted by molar-refractivity contribution is 0.00212. The maximum atomic E-state index is 13.6. The Hall–Kier alpha value is -2.31. The van der Waals surface area contributed by atoms with E-state index in [9.17, 15) is 9.18 Å². The van der Waals surface area contributed by atoms with Gasteiger partial charge in [-0.2, -0.15) is 0 Å². The van der Waals surface area contributed by atoms with Gasteiger partial charge in [-0.25, -0.2) is 4.39 Å². The van der Waals surface area contributed by atoms with Crippen LogP contribution in [0.4, 0.5) is 4.39 Å². The maximum Gasteiger partial charge on any atom is 0.269 e. The average molecular weight is 395 g/mol. The van der Waals surface area contributed by atoms with Gasteiger partial charge in [0, 0.05) is 44.2 Å². The average Bonchev–Trinajstić information content (AvgIpc) is 3.38. The highest BCUT2D eigenvalue weighted by Crippen LogP contribution is 2.54. The number of nitrogens with zero attached hydrogens (tertiary/aromatic N) is 2. The largest absolute Gasteiger partial charge is 0.370 e. The summed E-state index contributed by atoms with van der Waals surface area (Å²) in [6.07, 6.45) is 4.02. The lowest BCUT2D eigenvalue weighted by Gasteiger charge is -2.29. The van der Waals surface area contributed by atoms with Crippen LogP contribution in [0.5, 0.6) is 0 Å². The molecule has 2 aromatic rings. The topological polar surface area (TPSA) is 54.5 Å². The van der Waals surface area contributed by atoms with Crippen molar-refractivity contribution < 1.29 is 13.9 Å². The number of amides is 1. The van der Waals surface area contributed by atoms with Crippen LogP contribution in [0, 0.1) is 24.6 Å². The zero-order valence-electron chi connectivity index (χ0n) is 16.6. The Kier molecular flexibility index (Phi) is 4.63. The van der Waals surface area contributed by atoms with Crippen LogP contribution >= 0.6 is 0 Å². The van der Waals surface area contributed by atoms with Gasteiger partial charge in [-0.05, 0) is 49.1 Å². The van der Waals surface area contributed by atoms with Gasteiger partial charge in [-0.3, -0.25) is 14.7 Å². The van der Waals surface area contributed by atoms with Gasteiger partial charge < -0.3 is 10.1 Å². The predicted molar refractivity (Wildman–Crippen MR) is 107 cm³/mol. The zero-order chi connectivity index (χ0) is 20.0. The monoisotopic (exact) mass is 395 g/mol. The zero-order valence-corrected chi connectivity index (χ0v) is 16.6. The normalized spacial score (nSPS) is 30.5. The molecule has 1 N–H and O–H groups in total. The Morgan fingerprint density at radius 1 is 1.38 bits per heavy atom. The number of nitrogens with one attached hydrogen (secondary N) is 1. The van der Waals surface area contributed by atoms with Crippen LogP contribution in [-0.2, 0) is 11.3 Å². The quantitative estimate of drug-likeness (QED) is 0.846. The molecule has 0 unspecified atom stereocenters. The summed E-state index contributed by atoms with van der Waals surface area (Å²) in [5.74, 6) is 0.471. The van der Waals surface area contributed by atoms with Crippen molar-refractivity contribution in [1.29, 1.82) is 0 Å². The molecule has 4 heterocycles. The Bertz CT molecular complexity index is 922. The molecular weight excluding hydrogens is 369 g/mol. The lowest BCUT2D eigenvalue weighted by Crippen LogP contribution is -2.42. The summed E-state index contributed by atoms with van der Waals surface area (Å²) in [4.78, 5) is 19.0. The number of rotatable bonds is 5. The van der Waals surface area contributed by atoms with Crippen LogP contribution < -0.4 is 5.32 Å². The van der Waals surface area contributed by atoms with Crippen LogP contribution in [0.2, 0.25) is 0 Å². The fraction of sp³-hybridized carbons (Fsp3) is 0.478.